The highest BCUT2D eigenvalue weighted by Crippen LogP contribution is 2.00. The Balaban J connectivity index is 2.50. The van der Waals surface area contributed by atoms with Gasteiger partial charge in [-0.25, -0.2) is 4.79 Å². The van der Waals surface area contributed by atoms with Gasteiger partial charge in [-0.2, -0.15) is 0 Å². The van der Waals surface area contributed by atoms with Crippen LogP contribution in [-0.2, 0) is 16.0 Å². The Bertz CT molecular complexity index is 362. The molecule has 4 nitrogen and oxygen atoms in total. The lowest BCUT2D eigenvalue weighted by molar-refractivity contribution is -0.141. The van der Waals surface area contributed by atoms with E-state index in [9.17, 15) is 9.59 Å². The topological polar surface area (TPSA) is 66.4 Å². The molecule has 0 aromatic heterocycles. The second kappa shape index (κ2) is 5.90. The molecule has 0 aliphatic heterocycles. The van der Waals surface area contributed by atoms with Gasteiger partial charge in [0.1, 0.15) is 6.04 Å². The van der Waals surface area contributed by atoms with Crippen molar-refractivity contribution in [3.05, 3.63) is 35.9 Å². The zero-order chi connectivity index (χ0) is 12.0. The maximum Gasteiger partial charge on any atom is 0.326 e. The van der Waals surface area contributed by atoms with Crippen LogP contribution in [0.4, 0.5) is 0 Å². The fourth-order valence-corrected chi connectivity index (χ4v) is 1.37. The summed E-state index contributed by atoms with van der Waals surface area (Å²) in [6.07, 6.45) is 0.598. The molecule has 86 valence electrons. The molecule has 1 atom stereocenters. The lowest BCUT2D eigenvalue weighted by Gasteiger charge is -2.11. The lowest BCUT2D eigenvalue weighted by Crippen LogP contribution is -2.40. The smallest absolute Gasteiger partial charge is 0.326 e. The van der Waals surface area contributed by atoms with E-state index < -0.39 is 12.0 Å². The first-order chi connectivity index (χ1) is 7.63. The molecule has 2 N–H and O–H groups in total. The summed E-state index contributed by atoms with van der Waals surface area (Å²) in [6, 6.07) is 8.43. The van der Waals surface area contributed by atoms with Crippen molar-refractivity contribution in [2.24, 2.45) is 0 Å². The Morgan fingerprint density at radius 1 is 1.31 bits per heavy atom. The van der Waals surface area contributed by atoms with Crippen LogP contribution in [-0.4, -0.2) is 23.0 Å². The van der Waals surface area contributed by atoms with E-state index in [4.69, 9.17) is 5.11 Å². The zero-order valence-corrected chi connectivity index (χ0v) is 9.14. The molecule has 0 heterocycles. The molecule has 0 unspecified atom stereocenters. The molecule has 0 bridgehead atoms. The maximum atomic E-state index is 11.5. The SMILES string of the molecule is CC[C@H](NC(=O)Cc1ccccc1)C(=O)O. The van der Waals surface area contributed by atoms with Gasteiger partial charge in [-0.3, -0.25) is 4.79 Å². The predicted molar refractivity (Wildman–Crippen MR) is 60.0 cm³/mol. The lowest BCUT2D eigenvalue weighted by atomic mass is 10.1. The number of aliphatic carboxylic acids is 1. The second-order valence-electron chi connectivity index (χ2n) is 3.53. The standard InChI is InChI=1S/C12H15NO3/c1-2-10(12(15)16)13-11(14)8-9-6-4-3-5-7-9/h3-7,10H,2,8H2,1H3,(H,13,14)(H,15,16)/t10-/m0/s1. The average Bonchev–Trinajstić information content (AvgIpc) is 2.27. The van der Waals surface area contributed by atoms with Gasteiger partial charge in [0.25, 0.3) is 0 Å². The number of carbonyl (C=O) groups is 2. The zero-order valence-electron chi connectivity index (χ0n) is 9.14. The van der Waals surface area contributed by atoms with E-state index in [2.05, 4.69) is 5.32 Å². The maximum absolute atomic E-state index is 11.5. The van der Waals surface area contributed by atoms with Crippen LogP contribution in [0.5, 0.6) is 0 Å². The Hall–Kier alpha value is -1.84. The van der Waals surface area contributed by atoms with E-state index in [1.165, 1.54) is 0 Å². The van der Waals surface area contributed by atoms with Crippen molar-refractivity contribution in [2.45, 2.75) is 25.8 Å². The quantitative estimate of drug-likeness (QED) is 0.785. The molecular formula is C12H15NO3. The Morgan fingerprint density at radius 2 is 1.94 bits per heavy atom. The Kier molecular flexibility index (Phi) is 4.51. The van der Waals surface area contributed by atoms with E-state index in [1.807, 2.05) is 30.3 Å². The highest BCUT2D eigenvalue weighted by Gasteiger charge is 2.17. The van der Waals surface area contributed by atoms with Gasteiger partial charge in [-0.05, 0) is 12.0 Å². The largest absolute Gasteiger partial charge is 0.480 e. The van der Waals surface area contributed by atoms with Gasteiger partial charge in [0.2, 0.25) is 5.91 Å². The summed E-state index contributed by atoms with van der Waals surface area (Å²) >= 11 is 0. The van der Waals surface area contributed by atoms with Crippen LogP contribution >= 0.6 is 0 Å². The van der Waals surface area contributed by atoms with Gasteiger partial charge in [0.05, 0.1) is 6.42 Å². The van der Waals surface area contributed by atoms with Crippen LogP contribution in [0, 0.1) is 0 Å². The van der Waals surface area contributed by atoms with Crippen molar-refractivity contribution in [3.8, 4) is 0 Å². The molecule has 0 aliphatic carbocycles. The van der Waals surface area contributed by atoms with E-state index >= 15 is 0 Å². The van der Waals surface area contributed by atoms with Gasteiger partial charge >= 0.3 is 5.97 Å². The van der Waals surface area contributed by atoms with Crippen molar-refractivity contribution >= 4 is 11.9 Å². The molecule has 0 fully saturated rings. The monoisotopic (exact) mass is 221 g/mol. The summed E-state index contributed by atoms with van der Waals surface area (Å²) in [5, 5.41) is 11.2. The Morgan fingerprint density at radius 3 is 2.44 bits per heavy atom. The van der Waals surface area contributed by atoms with Gasteiger partial charge in [0, 0.05) is 0 Å². The average molecular weight is 221 g/mol. The number of carboxylic acid groups (broad SMARTS) is 1. The molecular weight excluding hydrogens is 206 g/mol. The van der Waals surface area contributed by atoms with Crippen molar-refractivity contribution in [1.82, 2.24) is 5.32 Å². The molecule has 0 saturated carbocycles. The third kappa shape index (κ3) is 3.73. The molecule has 0 spiro atoms. The van der Waals surface area contributed by atoms with E-state index in [-0.39, 0.29) is 12.3 Å². The van der Waals surface area contributed by atoms with Gasteiger partial charge in [0.15, 0.2) is 0 Å². The summed E-state index contributed by atoms with van der Waals surface area (Å²) in [4.78, 5) is 22.2. The number of hydrogen-bond donors (Lipinski definition) is 2. The molecule has 1 rings (SSSR count). The van der Waals surface area contributed by atoms with Crippen LogP contribution < -0.4 is 5.32 Å². The molecule has 1 aromatic carbocycles. The highest BCUT2D eigenvalue weighted by molar-refractivity contribution is 5.84. The van der Waals surface area contributed by atoms with Crippen molar-refractivity contribution in [3.63, 3.8) is 0 Å². The first kappa shape index (κ1) is 12.2. The van der Waals surface area contributed by atoms with Crippen molar-refractivity contribution < 1.29 is 14.7 Å². The van der Waals surface area contributed by atoms with Crippen LogP contribution in [0.25, 0.3) is 0 Å². The number of benzene rings is 1. The fourth-order valence-electron chi connectivity index (χ4n) is 1.37. The molecule has 1 aromatic rings. The van der Waals surface area contributed by atoms with Gasteiger partial charge in [-0.1, -0.05) is 37.3 Å². The third-order valence-corrected chi connectivity index (χ3v) is 2.25. The van der Waals surface area contributed by atoms with Gasteiger partial charge in [-0.15, -0.1) is 0 Å². The minimum absolute atomic E-state index is 0.213. The summed E-state index contributed by atoms with van der Waals surface area (Å²) < 4.78 is 0. The van der Waals surface area contributed by atoms with Crippen molar-refractivity contribution in [1.29, 1.82) is 0 Å². The number of rotatable bonds is 5. The van der Waals surface area contributed by atoms with E-state index in [0.717, 1.165) is 5.56 Å². The number of carboxylic acids is 1. The molecule has 16 heavy (non-hydrogen) atoms. The minimum atomic E-state index is -0.996. The summed E-state index contributed by atoms with van der Waals surface area (Å²) in [5.74, 6) is -1.26. The van der Waals surface area contributed by atoms with E-state index in [1.54, 1.807) is 6.92 Å². The van der Waals surface area contributed by atoms with Gasteiger partial charge < -0.3 is 10.4 Å². The van der Waals surface area contributed by atoms with Crippen LogP contribution in [0.3, 0.4) is 0 Å². The second-order valence-corrected chi connectivity index (χ2v) is 3.53. The molecule has 4 heteroatoms. The Labute approximate surface area is 94.3 Å². The minimum Gasteiger partial charge on any atom is -0.480 e. The first-order valence-corrected chi connectivity index (χ1v) is 5.19. The number of nitrogens with one attached hydrogen (secondary N) is 1. The van der Waals surface area contributed by atoms with Crippen LogP contribution in [0.15, 0.2) is 30.3 Å². The third-order valence-electron chi connectivity index (χ3n) is 2.25. The first-order valence-electron chi connectivity index (χ1n) is 5.19. The molecule has 1 amide bonds. The molecule has 0 aliphatic rings. The fraction of sp³-hybridized carbons (Fsp3) is 0.333. The molecule has 0 saturated heterocycles. The highest BCUT2D eigenvalue weighted by atomic mass is 16.4. The van der Waals surface area contributed by atoms with Crippen LogP contribution in [0.1, 0.15) is 18.9 Å². The summed E-state index contributed by atoms with van der Waals surface area (Å²) in [6.45, 7) is 1.72. The molecule has 0 radical (unpaired) electrons. The summed E-state index contributed by atoms with van der Waals surface area (Å²) in [5.41, 5.74) is 0.875. The van der Waals surface area contributed by atoms with Crippen molar-refractivity contribution in [2.75, 3.05) is 0 Å². The van der Waals surface area contributed by atoms with E-state index in [0.29, 0.717) is 6.42 Å². The predicted octanol–water partition coefficient (Wildman–Crippen LogP) is 1.21. The number of hydrogen-bond acceptors (Lipinski definition) is 2. The number of carbonyl (C=O) groups excluding carboxylic acids is 1. The number of amides is 1. The normalized spacial score (nSPS) is 11.8. The summed E-state index contributed by atoms with van der Waals surface area (Å²) in [7, 11) is 0. The van der Waals surface area contributed by atoms with Crippen LogP contribution in [0.2, 0.25) is 0 Å².